The Morgan fingerprint density at radius 2 is 1.63 bits per heavy atom. The van der Waals surface area contributed by atoms with E-state index in [4.69, 9.17) is 5.11 Å². The molecule has 4 heteroatoms. The maximum absolute atomic E-state index is 11.8. The average molecular weight is 254 g/mol. The average Bonchev–Trinajstić information content (AvgIpc) is 2.46. The number of phenols is 1. The smallest absolute Gasteiger partial charge is 0.271 e. The first-order valence-corrected chi connectivity index (χ1v) is 5.86. The van der Waals surface area contributed by atoms with Crippen LogP contribution in [-0.2, 0) is 0 Å². The van der Waals surface area contributed by atoms with Gasteiger partial charge < -0.3 is 5.11 Å². The summed E-state index contributed by atoms with van der Waals surface area (Å²) >= 11 is 0. The van der Waals surface area contributed by atoms with E-state index < -0.39 is 0 Å². The second kappa shape index (κ2) is 5.82. The molecule has 0 radical (unpaired) electrons. The minimum atomic E-state index is -0.310. The second-order valence-electron chi connectivity index (χ2n) is 4.05. The molecule has 2 aromatic rings. The summed E-state index contributed by atoms with van der Waals surface area (Å²) in [7, 11) is 0. The van der Waals surface area contributed by atoms with Gasteiger partial charge in [0.1, 0.15) is 5.75 Å². The number of nitrogens with one attached hydrogen (secondary N) is 1. The molecule has 0 aliphatic rings. The Kier molecular flexibility index (Phi) is 3.93. The van der Waals surface area contributed by atoms with Gasteiger partial charge in [0.05, 0.1) is 5.71 Å². The minimum absolute atomic E-state index is 0.125. The van der Waals surface area contributed by atoms with Gasteiger partial charge in [0, 0.05) is 5.56 Å². The molecule has 0 aliphatic heterocycles. The van der Waals surface area contributed by atoms with E-state index in [0.29, 0.717) is 5.56 Å². The van der Waals surface area contributed by atoms with Gasteiger partial charge in [0.2, 0.25) is 0 Å². The van der Waals surface area contributed by atoms with Crippen LogP contribution in [0, 0.1) is 0 Å². The first-order valence-electron chi connectivity index (χ1n) is 5.86. The van der Waals surface area contributed by atoms with Crippen molar-refractivity contribution in [2.24, 2.45) is 5.10 Å². The van der Waals surface area contributed by atoms with E-state index in [-0.39, 0.29) is 11.7 Å². The van der Waals surface area contributed by atoms with Gasteiger partial charge in [-0.25, -0.2) is 5.43 Å². The Hall–Kier alpha value is -2.62. The topological polar surface area (TPSA) is 61.7 Å². The Balaban J connectivity index is 2.06. The second-order valence-corrected chi connectivity index (χ2v) is 4.05. The first-order chi connectivity index (χ1) is 9.16. The molecule has 96 valence electrons. The summed E-state index contributed by atoms with van der Waals surface area (Å²) in [4.78, 5) is 11.8. The van der Waals surface area contributed by atoms with Gasteiger partial charge in [0.25, 0.3) is 5.91 Å². The summed E-state index contributed by atoms with van der Waals surface area (Å²) in [6.07, 6.45) is 0. The number of hydrogen-bond donors (Lipinski definition) is 2. The number of benzene rings is 2. The van der Waals surface area contributed by atoms with Gasteiger partial charge >= 0.3 is 0 Å². The van der Waals surface area contributed by atoms with Crippen LogP contribution >= 0.6 is 0 Å². The first kappa shape index (κ1) is 12.8. The van der Waals surface area contributed by atoms with E-state index in [2.05, 4.69) is 10.5 Å². The zero-order chi connectivity index (χ0) is 13.7. The lowest BCUT2D eigenvalue weighted by molar-refractivity contribution is 0.0955. The zero-order valence-electron chi connectivity index (χ0n) is 10.5. The number of phenolic OH excluding ortho intramolecular Hbond substituents is 1. The number of aromatic hydroxyl groups is 1. The van der Waals surface area contributed by atoms with Gasteiger partial charge in [-0.1, -0.05) is 30.3 Å². The third-order valence-electron chi connectivity index (χ3n) is 2.65. The van der Waals surface area contributed by atoms with E-state index in [1.165, 1.54) is 24.3 Å². The minimum Gasteiger partial charge on any atom is -0.508 e. The van der Waals surface area contributed by atoms with Crippen molar-refractivity contribution < 1.29 is 9.90 Å². The van der Waals surface area contributed by atoms with Crippen molar-refractivity contribution in [1.29, 1.82) is 0 Å². The van der Waals surface area contributed by atoms with Gasteiger partial charge in [0.15, 0.2) is 0 Å². The Labute approximate surface area is 111 Å². The van der Waals surface area contributed by atoms with Gasteiger partial charge in [-0.05, 0) is 36.8 Å². The van der Waals surface area contributed by atoms with E-state index in [1.807, 2.05) is 37.3 Å². The van der Waals surface area contributed by atoms with Crippen LogP contribution in [0.4, 0.5) is 0 Å². The molecule has 2 rings (SSSR count). The molecule has 0 aromatic heterocycles. The Morgan fingerprint density at radius 1 is 1.00 bits per heavy atom. The summed E-state index contributed by atoms with van der Waals surface area (Å²) in [5.41, 5.74) is 4.61. The third-order valence-corrected chi connectivity index (χ3v) is 2.65. The number of rotatable bonds is 3. The van der Waals surface area contributed by atoms with E-state index in [9.17, 15) is 4.79 Å². The van der Waals surface area contributed by atoms with Crippen molar-refractivity contribution in [3.05, 3.63) is 65.7 Å². The number of hydrogen-bond acceptors (Lipinski definition) is 3. The van der Waals surface area contributed by atoms with Crippen molar-refractivity contribution in [3.63, 3.8) is 0 Å². The molecule has 0 fully saturated rings. The highest BCUT2D eigenvalue weighted by molar-refractivity contribution is 6.00. The number of nitrogens with zero attached hydrogens (tertiary/aromatic N) is 1. The predicted molar refractivity (Wildman–Crippen MR) is 74.2 cm³/mol. The molecular formula is C15H14N2O2. The Morgan fingerprint density at radius 3 is 2.26 bits per heavy atom. The quantitative estimate of drug-likeness (QED) is 0.653. The van der Waals surface area contributed by atoms with E-state index >= 15 is 0 Å². The third kappa shape index (κ3) is 3.42. The predicted octanol–water partition coefficient (Wildman–Crippen LogP) is 2.55. The van der Waals surface area contributed by atoms with Crippen LogP contribution < -0.4 is 5.43 Å². The van der Waals surface area contributed by atoms with Gasteiger partial charge in [-0.15, -0.1) is 0 Å². The highest BCUT2D eigenvalue weighted by atomic mass is 16.3. The van der Waals surface area contributed by atoms with E-state index in [1.54, 1.807) is 0 Å². The molecule has 0 aliphatic carbocycles. The molecule has 0 bridgehead atoms. The molecule has 2 aromatic carbocycles. The molecule has 1 amide bonds. The molecule has 0 heterocycles. The largest absolute Gasteiger partial charge is 0.508 e. The SMILES string of the molecule is CC(=NNC(=O)c1ccc(O)cc1)c1ccccc1. The van der Waals surface area contributed by atoms with E-state index in [0.717, 1.165) is 11.3 Å². The lowest BCUT2D eigenvalue weighted by Crippen LogP contribution is -2.19. The fraction of sp³-hybridized carbons (Fsp3) is 0.0667. The lowest BCUT2D eigenvalue weighted by atomic mass is 10.1. The van der Waals surface area contributed by atoms with Crippen LogP contribution in [-0.4, -0.2) is 16.7 Å². The number of carbonyl (C=O) groups is 1. The maximum atomic E-state index is 11.8. The highest BCUT2D eigenvalue weighted by Gasteiger charge is 2.04. The van der Waals surface area contributed by atoms with Crippen molar-refractivity contribution in [2.45, 2.75) is 6.92 Å². The highest BCUT2D eigenvalue weighted by Crippen LogP contribution is 2.09. The fourth-order valence-corrected chi connectivity index (χ4v) is 1.56. The molecule has 0 spiro atoms. The van der Waals surface area contributed by atoms with Crippen molar-refractivity contribution >= 4 is 11.6 Å². The van der Waals surface area contributed by atoms with Crippen LogP contribution in [0.3, 0.4) is 0 Å². The summed E-state index contributed by atoms with van der Waals surface area (Å²) < 4.78 is 0. The zero-order valence-corrected chi connectivity index (χ0v) is 10.5. The van der Waals surface area contributed by atoms with Crippen molar-refractivity contribution in [3.8, 4) is 5.75 Å². The van der Waals surface area contributed by atoms with Crippen molar-refractivity contribution in [2.75, 3.05) is 0 Å². The molecule has 4 nitrogen and oxygen atoms in total. The summed E-state index contributed by atoms with van der Waals surface area (Å²) in [5.74, 6) is -0.184. The van der Waals surface area contributed by atoms with Gasteiger partial charge in [-0.3, -0.25) is 4.79 Å². The van der Waals surface area contributed by atoms with Crippen LogP contribution in [0.2, 0.25) is 0 Å². The molecular weight excluding hydrogens is 240 g/mol. The Bertz CT molecular complexity index is 589. The molecule has 2 N–H and O–H groups in total. The molecule has 0 saturated carbocycles. The summed E-state index contributed by atoms with van der Waals surface area (Å²) in [5, 5.41) is 13.2. The molecule has 0 saturated heterocycles. The number of hydrazone groups is 1. The standard InChI is InChI=1S/C15H14N2O2/c1-11(12-5-3-2-4-6-12)16-17-15(19)13-7-9-14(18)10-8-13/h2-10,18H,1H3,(H,17,19). The summed E-state index contributed by atoms with van der Waals surface area (Å²) in [6, 6.07) is 15.6. The normalized spacial score (nSPS) is 11.1. The van der Waals surface area contributed by atoms with Crippen LogP contribution in [0.1, 0.15) is 22.8 Å². The van der Waals surface area contributed by atoms with Crippen LogP contribution in [0.15, 0.2) is 59.7 Å². The molecule has 0 atom stereocenters. The maximum Gasteiger partial charge on any atom is 0.271 e. The van der Waals surface area contributed by atoms with Crippen LogP contribution in [0.5, 0.6) is 5.75 Å². The van der Waals surface area contributed by atoms with Crippen LogP contribution in [0.25, 0.3) is 0 Å². The number of amides is 1. The van der Waals surface area contributed by atoms with Gasteiger partial charge in [-0.2, -0.15) is 5.10 Å². The fourth-order valence-electron chi connectivity index (χ4n) is 1.56. The lowest BCUT2D eigenvalue weighted by Gasteiger charge is -2.03. The number of carbonyl (C=O) groups excluding carboxylic acids is 1. The monoisotopic (exact) mass is 254 g/mol. The molecule has 19 heavy (non-hydrogen) atoms. The van der Waals surface area contributed by atoms with Crippen molar-refractivity contribution in [1.82, 2.24) is 5.43 Å². The molecule has 0 unspecified atom stereocenters. The summed E-state index contributed by atoms with van der Waals surface area (Å²) in [6.45, 7) is 1.83.